The Labute approximate surface area is 144 Å². The van der Waals surface area contributed by atoms with Crippen LogP contribution in [0.3, 0.4) is 0 Å². The van der Waals surface area contributed by atoms with Gasteiger partial charge in [-0.2, -0.15) is 4.98 Å². The Morgan fingerprint density at radius 3 is 2.70 bits per heavy atom. The average molecular weight is 351 g/mol. The zero-order valence-electron chi connectivity index (χ0n) is 12.7. The molecular formula is C16H19ClN4OS. The number of aromatic nitrogens is 3. The number of thiazole rings is 1. The Kier molecular flexibility index (Phi) is 4.66. The fourth-order valence-corrected chi connectivity index (χ4v) is 4.00. The van der Waals surface area contributed by atoms with E-state index in [1.54, 1.807) is 11.3 Å². The normalized spacial score (nSPS) is 16.6. The maximum atomic E-state index is 6.36. The molecule has 2 aromatic heterocycles. The molecule has 4 rings (SSSR count). The highest BCUT2D eigenvalue weighted by atomic mass is 35.5. The summed E-state index contributed by atoms with van der Waals surface area (Å²) < 4.78 is 6.59. The Morgan fingerprint density at radius 2 is 1.91 bits per heavy atom. The lowest BCUT2D eigenvalue weighted by molar-refractivity contribution is 0.348. The highest BCUT2D eigenvalue weighted by Gasteiger charge is 2.35. The van der Waals surface area contributed by atoms with Crippen molar-refractivity contribution in [3.05, 3.63) is 41.0 Å². The van der Waals surface area contributed by atoms with Gasteiger partial charge in [0.15, 0.2) is 5.82 Å². The fourth-order valence-electron chi connectivity index (χ4n) is 3.03. The number of hydrogen-bond acceptors (Lipinski definition) is 6. The summed E-state index contributed by atoms with van der Waals surface area (Å²) in [5.74, 6) is 1.33. The van der Waals surface area contributed by atoms with E-state index in [-0.39, 0.29) is 17.9 Å². The first kappa shape index (κ1) is 16.4. The van der Waals surface area contributed by atoms with Gasteiger partial charge in [0.25, 0.3) is 0 Å². The van der Waals surface area contributed by atoms with Crippen LogP contribution in [0.2, 0.25) is 0 Å². The van der Waals surface area contributed by atoms with E-state index in [0.717, 1.165) is 42.6 Å². The largest absolute Gasteiger partial charge is 0.339 e. The van der Waals surface area contributed by atoms with Gasteiger partial charge in [-0.25, -0.2) is 4.98 Å². The minimum Gasteiger partial charge on any atom is -0.339 e. The Hall–Kier alpha value is -1.50. The van der Waals surface area contributed by atoms with Crippen molar-refractivity contribution in [3.8, 4) is 0 Å². The van der Waals surface area contributed by atoms with Crippen molar-refractivity contribution in [3.63, 3.8) is 0 Å². The zero-order chi connectivity index (χ0) is 15.0. The lowest BCUT2D eigenvalue weighted by Crippen LogP contribution is -2.34. The predicted octanol–water partition coefficient (Wildman–Crippen LogP) is 3.61. The molecule has 0 radical (unpaired) electrons. The summed E-state index contributed by atoms with van der Waals surface area (Å²) in [7, 11) is 0. The second-order valence-electron chi connectivity index (χ2n) is 5.95. The molecule has 0 unspecified atom stereocenters. The van der Waals surface area contributed by atoms with E-state index in [1.807, 2.05) is 18.2 Å². The van der Waals surface area contributed by atoms with Crippen LogP contribution in [0.25, 0.3) is 10.2 Å². The number of hydrogen-bond donors (Lipinski definition) is 1. The van der Waals surface area contributed by atoms with Crippen molar-refractivity contribution in [1.82, 2.24) is 15.1 Å². The molecule has 1 fully saturated rings. The van der Waals surface area contributed by atoms with Crippen LogP contribution in [-0.2, 0) is 18.4 Å². The first-order chi connectivity index (χ1) is 10.7. The Morgan fingerprint density at radius 1 is 1.13 bits per heavy atom. The number of benzene rings is 1. The Bertz CT molecular complexity index is 761. The third-order valence-corrected chi connectivity index (χ3v) is 5.40. The van der Waals surface area contributed by atoms with Crippen molar-refractivity contribution < 1.29 is 4.52 Å². The van der Waals surface area contributed by atoms with E-state index in [9.17, 15) is 0 Å². The molecule has 0 saturated heterocycles. The standard InChI is InChI=1S/C16H18N4OS.ClH/c17-16(9-3-4-10-16)15-19-13(21-20-15)7-8-14-18-11-5-1-2-6-12(11)22-14;/h1-2,5-6H,3-4,7-10,17H2;1H. The molecule has 0 bridgehead atoms. The van der Waals surface area contributed by atoms with Crippen LogP contribution in [0.1, 0.15) is 42.4 Å². The number of rotatable bonds is 4. The number of aryl methyl sites for hydroxylation is 2. The second-order valence-corrected chi connectivity index (χ2v) is 7.07. The van der Waals surface area contributed by atoms with Crippen LogP contribution in [0, 0.1) is 0 Å². The van der Waals surface area contributed by atoms with Crippen LogP contribution in [0.15, 0.2) is 28.8 Å². The van der Waals surface area contributed by atoms with E-state index in [0.29, 0.717) is 18.1 Å². The summed E-state index contributed by atoms with van der Waals surface area (Å²) in [6.45, 7) is 0. The predicted molar refractivity (Wildman–Crippen MR) is 92.9 cm³/mol. The monoisotopic (exact) mass is 350 g/mol. The van der Waals surface area contributed by atoms with Crippen LogP contribution in [0.4, 0.5) is 0 Å². The zero-order valence-corrected chi connectivity index (χ0v) is 14.3. The SMILES string of the molecule is Cl.NC1(c2noc(CCc3nc4ccccc4s3)n2)CCCC1. The van der Waals surface area contributed by atoms with Crippen molar-refractivity contribution in [2.75, 3.05) is 0 Å². The third-order valence-electron chi connectivity index (χ3n) is 4.30. The lowest BCUT2D eigenvalue weighted by atomic mass is 9.99. The van der Waals surface area contributed by atoms with E-state index in [4.69, 9.17) is 10.3 Å². The van der Waals surface area contributed by atoms with E-state index < -0.39 is 0 Å². The molecule has 2 heterocycles. The number of para-hydroxylation sites is 1. The van der Waals surface area contributed by atoms with Crippen molar-refractivity contribution in [2.45, 2.75) is 44.1 Å². The minimum absolute atomic E-state index is 0. The fraction of sp³-hybridized carbons (Fsp3) is 0.438. The van der Waals surface area contributed by atoms with Crippen molar-refractivity contribution in [1.29, 1.82) is 0 Å². The molecule has 1 aliphatic rings. The molecule has 1 saturated carbocycles. The molecule has 0 atom stereocenters. The average Bonchev–Trinajstić information content (AvgIpc) is 3.24. The number of nitrogens with zero attached hydrogens (tertiary/aromatic N) is 3. The molecule has 7 heteroatoms. The van der Waals surface area contributed by atoms with Gasteiger partial charge >= 0.3 is 0 Å². The first-order valence-electron chi connectivity index (χ1n) is 7.69. The molecule has 3 aromatic rings. The number of nitrogens with two attached hydrogens (primary N) is 1. The molecule has 0 aliphatic heterocycles. The van der Waals surface area contributed by atoms with Gasteiger partial charge in [0.05, 0.1) is 20.8 Å². The number of halogens is 1. The number of fused-ring (bicyclic) bond motifs is 1. The summed E-state index contributed by atoms with van der Waals surface area (Å²) in [5, 5.41) is 5.20. The van der Waals surface area contributed by atoms with E-state index in [2.05, 4.69) is 21.2 Å². The molecule has 2 N–H and O–H groups in total. The quantitative estimate of drug-likeness (QED) is 0.777. The van der Waals surface area contributed by atoms with Gasteiger partial charge in [0.1, 0.15) is 0 Å². The maximum absolute atomic E-state index is 6.36. The third kappa shape index (κ3) is 3.24. The van der Waals surface area contributed by atoms with Crippen LogP contribution < -0.4 is 5.73 Å². The van der Waals surface area contributed by atoms with Gasteiger partial charge in [-0.3, -0.25) is 0 Å². The Balaban J connectivity index is 0.00000156. The molecule has 1 aromatic carbocycles. The summed E-state index contributed by atoms with van der Waals surface area (Å²) in [4.78, 5) is 9.14. The first-order valence-corrected chi connectivity index (χ1v) is 8.51. The molecule has 122 valence electrons. The highest BCUT2D eigenvalue weighted by Crippen LogP contribution is 2.34. The smallest absolute Gasteiger partial charge is 0.227 e. The van der Waals surface area contributed by atoms with Crippen LogP contribution in [-0.4, -0.2) is 15.1 Å². The topological polar surface area (TPSA) is 77.8 Å². The van der Waals surface area contributed by atoms with Gasteiger partial charge in [-0.15, -0.1) is 23.7 Å². The van der Waals surface area contributed by atoms with Crippen LogP contribution in [0.5, 0.6) is 0 Å². The molecule has 23 heavy (non-hydrogen) atoms. The van der Waals surface area contributed by atoms with E-state index >= 15 is 0 Å². The summed E-state index contributed by atoms with van der Waals surface area (Å²) in [5.41, 5.74) is 7.04. The lowest BCUT2D eigenvalue weighted by Gasteiger charge is -2.17. The van der Waals surface area contributed by atoms with Gasteiger partial charge in [-0.1, -0.05) is 30.1 Å². The molecule has 1 aliphatic carbocycles. The molecule has 0 spiro atoms. The second kappa shape index (κ2) is 6.55. The summed E-state index contributed by atoms with van der Waals surface area (Å²) >= 11 is 1.72. The molecule has 0 amide bonds. The van der Waals surface area contributed by atoms with Crippen molar-refractivity contribution >= 4 is 34.0 Å². The van der Waals surface area contributed by atoms with Gasteiger partial charge in [-0.05, 0) is 25.0 Å². The van der Waals surface area contributed by atoms with Gasteiger partial charge in [0.2, 0.25) is 5.89 Å². The van der Waals surface area contributed by atoms with Crippen molar-refractivity contribution in [2.24, 2.45) is 5.73 Å². The van der Waals surface area contributed by atoms with E-state index in [1.165, 1.54) is 4.70 Å². The molecule has 5 nitrogen and oxygen atoms in total. The summed E-state index contributed by atoms with van der Waals surface area (Å²) in [6, 6.07) is 8.19. The molecular weight excluding hydrogens is 332 g/mol. The minimum atomic E-state index is -0.377. The van der Waals surface area contributed by atoms with Gasteiger partial charge < -0.3 is 10.3 Å². The summed E-state index contributed by atoms with van der Waals surface area (Å²) in [6.07, 6.45) is 5.72. The van der Waals surface area contributed by atoms with Gasteiger partial charge in [0, 0.05) is 12.8 Å². The maximum Gasteiger partial charge on any atom is 0.227 e. The van der Waals surface area contributed by atoms with Crippen LogP contribution >= 0.6 is 23.7 Å². The highest BCUT2D eigenvalue weighted by molar-refractivity contribution is 7.18.